The number of rotatable bonds is 7. The van der Waals surface area contributed by atoms with E-state index in [1.807, 2.05) is 37.6 Å². The molecule has 0 spiro atoms. The van der Waals surface area contributed by atoms with Crippen LogP contribution in [0.5, 0.6) is 11.5 Å². The lowest BCUT2D eigenvalue weighted by atomic mass is 10.2. The summed E-state index contributed by atoms with van der Waals surface area (Å²) in [5.41, 5.74) is 3.97. The number of nitrogens with zero attached hydrogens (tertiary/aromatic N) is 2. The number of aryl methyl sites for hydroxylation is 1. The number of ether oxygens (including phenoxy) is 2. The number of nitrogens with one attached hydrogen (secondary N) is 2. The molecule has 1 aromatic heterocycles. The van der Waals surface area contributed by atoms with E-state index in [0.29, 0.717) is 18.8 Å². The SMILES string of the molecule is CCNC(=NCc1ccc(OC)c(OC)c1)NCc1scnc1C.I. The van der Waals surface area contributed by atoms with E-state index in [2.05, 4.69) is 20.6 Å². The lowest BCUT2D eigenvalue weighted by Crippen LogP contribution is -2.36. The number of methoxy groups -OCH3 is 2. The molecule has 6 nitrogen and oxygen atoms in total. The first kappa shape index (κ1) is 21.5. The zero-order chi connectivity index (χ0) is 17.4. The Hall–Kier alpha value is -1.55. The molecule has 0 unspecified atom stereocenters. The Kier molecular flexibility index (Phi) is 9.58. The molecule has 0 fully saturated rings. The Bertz CT molecular complexity index is 691. The summed E-state index contributed by atoms with van der Waals surface area (Å²) in [6.45, 7) is 6.14. The molecule has 25 heavy (non-hydrogen) atoms. The van der Waals surface area contributed by atoms with Gasteiger partial charge in [-0.05, 0) is 31.5 Å². The summed E-state index contributed by atoms with van der Waals surface area (Å²) in [4.78, 5) is 10.1. The highest BCUT2D eigenvalue weighted by Crippen LogP contribution is 2.27. The van der Waals surface area contributed by atoms with Crippen molar-refractivity contribution in [1.82, 2.24) is 15.6 Å². The quantitative estimate of drug-likeness (QED) is 0.365. The number of benzene rings is 1. The fourth-order valence-electron chi connectivity index (χ4n) is 2.15. The van der Waals surface area contributed by atoms with Crippen LogP contribution in [-0.4, -0.2) is 31.7 Å². The van der Waals surface area contributed by atoms with Gasteiger partial charge in [-0.15, -0.1) is 35.3 Å². The number of aromatic nitrogens is 1. The minimum absolute atomic E-state index is 0. The van der Waals surface area contributed by atoms with E-state index in [4.69, 9.17) is 9.47 Å². The maximum absolute atomic E-state index is 5.33. The van der Waals surface area contributed by atoms with Gasteiger partial charge in [-0.2, -0.15) is 0 Å². The van der Waals surface area contributed by atoms with Gasteiger partial charge in [0.2, 0.25) is 0 Å². The third-order valence-electron chi connectivity index (χ3n) is 3.47. The average molecular weight is 476 g/mol. The molecule has 0 amide bonds. The number of hydrogen-bond acceptors (Lipinski definition) is 5. The highest BCUT2D eigenvalue weighted by Gasteiger charge is 2.06. The Morgan fingerprint density at radius 3 is 2.56 bits per heavy atom. The predicted molar refractivity (Wildman–Crippen MR) is 113 cm³/mol. The molecule has 2 N–H and O–H groups in total. The second-order valence-corrected chi connectivity index (χ2v) is 6.04. The number of thiazole rings is 1. The molecule has 0 saturated carbocycles. The van der Waals surface area contributed by atoms with Crippen LogP contribution in [0.15, 0.2) is 28.7 Å². The number of guanidine groups is 1. The van der Waals surface area contributed by atoms with E-state index < -0.39 is 0 Å². The molecule has 2 aromatic rings. The van der Waals surface area contributed by atoms with Crippen LogP contribution in [0, 0.1) is 6.92 Å². The van der Waals surface area contributed by atoms with Gasteiger partial charge in [0.15, 0.2) is 17.5 Å². The van der Waals surface area contributed by atoms with Crippen molar-refractivity contribution < 1.29 is 9.47 Å². The van der Waals surface area contributed by atoms with Gasteiger partial charge in [-0.25, -0.2) is 9.98 Å². The molecular formula is C17H25IN4O2S. The van der Waals surface area contributed by atoms with Gasteiger partial charge in [0.25, 0.3) is 0 Å². The van der Waals surface area contributed by atoms with Crippen molar-refractivity contribution in [3.05, 3.63) is 39.8 Å². The molecule has 1 aromatic carbocycles. The van der Waals surface area contributed by atoms with Gasteiger partial charge in [0.1, 0.15) is 0 Å². The highest BCUT2D eigenvalue weighted by molar-refractivity contribution is 14.0. The van der Waals surface area contributed by atoms with Crippen LogP contribution in [0.3, 0.4) is 0 Å². The summed E-state index contributed by atoms with van der Waals surface area (Å²) in [5, 5.41) is 6.59. The minimum atomic E-state index is 0. The lowest BCUT2D eigenvalue weighted by molar-refractivity contribution is 0.354. The van der Waals surface area contributed by atoms with Gasteiger partial charge in [-0.3, -0.25) is 0 Å². The van der Waals surface area contributed by atoms with Crippen molar-refractivity contribution in [1.29, 1.82) is 0 Å². The second-order valence-electron chi connectivity index (χ2n) is 5.10. The number of aliphatic imine (C=N–C) groups is 1. The Morgan fingerprint density at radius 2 is 1.96 bits per heavy atom. The van der Waals surface area contributed by atoms with E-state index in [1.165, 1.54) is 4.88 Å². The lowest BCUT2D eigenvalue weighted by Gasteiger charge is -2.12. The molecule has 0 aliphatic heterocycles. The zero-order valence-electron chi connectivity index (χ0n) is 15.0. The molecule has 138 valence electrons. The third-order valence-corrected chi connectivity index (χ3v) is 4.41. The normalized spacial score (nSPS) is 10.8. The summed E-state index contributed by atoms with van der Waals surface area (Å²) in [6, 6.07) is 5.83. The average Bonchev–Trinajstić information content (AvgIpc) is 3.02. The smallest absolute Gasteiger partial charge is 0.191 e. The molecular weight excluding hydrogens is 451 g/mol. The van der Waals surface area contributed by atoms with E-state index >= 15 is 0 Å². The molecule has 0 bridgehead atoms. The minimum Gasteiger partial charge on any atom is -0.493 e. The first-order valence-corrected chi connectivity index (χ1v) is 8.68. The van der Waals surface area contributed by atoms with Gasteiger partial charge >= 0.3 is 0 Å². The molecule has 0 atom stereocenters. The second kappa shape index (κ2) is 11.1. The maximum atomic E-state index is 5.33. The third kappa shape index (κ3) is 6.35. The highest BCUT2D eigenvalue weighted by atomic mass is 127. The maximum Gasteiger partial charge on any atom is 0.191 e. The number of hydrogen-bond donors (Lipinski definition) is 2. The van der Waals surface area contributed by atoms with E-state index in [0.717, 1.165) is 29.5 Å². The molecule has 1 heterocycles. The van der Waals surface area contributed by atoms with Crippen molar-refractivity contribution in [3.8, 4) is 11.5 Å². The summed E-state index contributed by atoms with van der Waals surface area (Å²) in [6.07, 6.45) is 0. The van der Waals surface area contributed by atoms with Crippen LogP contribution in [0.2, 0.25) is 0 Å². The summed E-state index contributed by atoms with van der Waals surface area (Å²) < 4.78 is 10.6. The van der Waals surface area contributed by atoms with Gasteiger partial charge in [0, 0.05) is 11.4 Å². The summed E-state index contributed by atoms with van der Waals surface area (Å²) in [5.74, 6) is 2.21. The Labute approximate surface area is 170 Å². The topological polar surface area (TPSA) is 67.8 Å². The Balaban J connectivity index is 0.00000312. The fraction of sp³-hybridized carbons (Fsp3) is 0.412. The monoisotopic (exact) mass is 476 g/mol. The van der Waals surface area contributed by atoms with Crippen LogP contribution in [0.25, 0.3) is 0 Å². The van der Waals surface area contributed by atoms with Gasteiger partial charge in [0.05, 0.1) is 38.5 Å². The van der Waals surface area contributed by atoms with Crippen molar-refractivity contribution in [3.63, 3.8) is 0 Å². The van der Waals surface area contributed by atoms with Crippen molar-refractivity contribution in [2.24, 2.45) is 4.99 Å². The largest absolute Gasteiger partial charge is 0.493 e. The van der Waals surface area contributed by atoms with Crippen molar-refractivity contribution in [2.75, 3.05) is 20.8 Å². The molecule has 2 rings (SSSR count). The standard InChI is InChI=1S/C17H24N4O2S.HI/c1-5-18-17(20-10-16-12(2)21-11-24-16)19-9-13-6-7-14(22-3)15(8-13)23-4;/h6-8,11H,5,9-10H2,1-4H3,(H2,18,19,20);1H. The first-order chi connectivity index (χ1) is 11.7. The van der Waals surface area contributed by atoms with Crippen molar-refractivity contribution in [2.45, 2.75) is 26.9 Å². The predicted octanol–water partition coefficient (Wildman–Crippen LogP) is 3.34. The zero-order valence-corrected chi connectivity index (χ0v) is 18.1. The van der Waals surface area contributed by atoms with E-state index in [9.17, 15) is 0 Å². The Morgan fingerprint density at radius 1 is 1.20 bits per heavy atom. The van der Waals surface area contributed by atoms with E-state index in [-0.39, 0.29) is 24.0 Å². The first-order valence-electron chi connectivity index (χ1n) is 7.80. The molecule has 0 radical (unpaired) electrons. The van der Waals surface area contributed by atoms with Crippen molar-refractivity contribution >= 4 is 41.3 Å². The fourth-order valence-corrected chi connectivity index (χ4v) is 2.87. The molecule has 0 aliphatic carbocycles. The van der Waals surface area contributed by atoms with Crippen LogP contribution < -0.4 is 20.1 Å². The number of halogens is 1. The van der Waals surface area contributed by atoms with Crippen LogP contribution >= 0.6 is 35.3 Å². The molecule has 8 heteroatoms. The van der Waals surface area contributed by atoms with Crippen LogP contribution in [-0.2, 0) is 13.1 Å². The van der Waals surface area contributed by atoms with Crippen LogP contribution in [0.4, 0.5) is 0 Å². The molecule has 0 aliphatic rings. The summed E-state index contributed by atoms with van der Waals surface area (Å²) in [7, 11) is 3.26. The molecule has 0 saturated heterocycles. The van der Waals surface area contributed by atoms with Gasteiger partial charge < -0.3 is 20.1 Å². The van der Waals surface area contributed by atoms with Gasteiger partial charge in [-0.1, -0.05) is 6.07 Å². The van der Waals surface area contributed by atoms with E-state index in [1.54, 1.807) is 25.6 Å². The summed E-state index contributed by atoms with van der Waals surface area (Å²) >= 11 is 1.65. The van der Waals surface area contributed by atoms with Crippen LogP contribution in [0.1, 0.15) is 23.1 Å².